The Morgan fingerprint density at radius 3 is 2.67 bits per heavy atom. The minimum absolute atomic E-state index is 0.358. The van der Waals surface area contributed by atoms with Gasteiger partial charge in [0.1, 0.15) is 11.9 Å². The first-order valence-corrected chi connectivity index (χ1v) is 5.17. The first-order valence-electron chi connectivity index (χ1n) is 5.17. The Labute approximate surface area is 89.9 Å². The lowest BCUT2D eigenvalue weighted by Gasteiger charge is -2.23. The number of hydrogen-bond donors (Lipinski definition) is 0. The fourth-order valence-corrected chi connectivity index (χ4v) is 1.59. The predicted molar refractivity (Wildman–Crippen MR) is 59.3 cm³/mol. The molecule has 1 aromatic rings. The van der Waals surface area contributed by atoms with Crippen LogP contribution < -0.4 is 4.90 Å². The normalized spacial score (nSPS) is 9.73. The van der Waals surface area contributed by atoms with Crippen LogP contribution in [0.3, 0.4) is 0 Å². The third-order valence-electron chi connectivity index (χ3n) is 2.29. The predicted octanol–water partition coefficient (Wildman–Crippen LogP) is 2.93. The maximum atomic E-state index is 12.9. The highest BCUT2D eigenvalue weighted by atomic mass is 19.1. The van der Waals surface area contributed by atoms with Crippen LogP contribution in [0.1, 0.15) is 25.8 Å². The van der Waals surface area contributed by atoms with Crippen LogP contribution in [0, 0.1) is 17.1 Å². The van der Waals surface area contributed by atoms with Crippen molar-refractivity contribution in [3.8, 4) is 6.07 Å². The standard InChI is InChI=1S/C12H15FN2/c1-3-7-15(4-2)12-6-5-11(13)8-10(12)9-14/h5-6,8H,3-4,7H2,1-2H3. The maximum absolute atomic E-state index is 12.9. The Hall–Kier alpha value is -1.56. The third kappa shape index (κ3) is 2.69. The van der Waals surface area contributed by atoms with Gasteiger partial charge in [-0.2, -0.15) is 5.26 Å². The van der Waals surface area contributed by atoms with Crippen LogP contribution in [0.4, 0.5) is 10.1 Å². The SMILES string of the molecule is CCCN(CC)c1ccc(F)cc1C#N. The summed E-state index contributed by atoms with van der Waals surface area (Å²) >= 11 is 0. The molecule has 0 aromatic heterocycles. The van der Waals surface area contributed by atoms with Crippen LogP contribution >= 0.6 is 0 Å². The molecule has 0 fully saturated rings. The van der Waals surface area contributed by atoms with Crippen LogP contribution in [0.2, 0.25) is 0 Å². The van der Waals surface area contributed by atoms with Gasteiger partial charge >= 0.3 is 0 Å². The monoisotopic (exact) mass is 206 g/mol. The Morgan fingerprint density at radius 1 is 1.40 bits per heavy atom. The molecule has 0 bridgehead atoms. The zero-order chi connectivity index (χ0) is 11.3. The van der Waals surface area contributed by atoms with E-state index in [1.54, 1.807) is 6.07 Å². The fraction of sp³-hybridized carbons (Fsp3) is 0.417. The molecule has 1 rings (SSSR count). The average molecular weight is 206 g/mol. The van der Waals surface area contributed by atoms with E-state index in [0.29, 0.717) is 5.56 Å². The zero-order valence-corrected chi connectivity index (χ0v) is 9.13. The molecule has 80 valence electrons. The van der Waals surface area contributed by atoms with Crippen molar-refractivity contribution in [2.75, 3.05) is 18.0 Å². The molecule has 0 aliphatic carbocycles. The summed E-state index contributed by atoms with van der Waals surface area (Å²) in [6, 6.07) is 6.38. The lowest BCUT2D eigenvalue weighted by atomic mass is 10.1. The molecule has 0 spiro atoms. The average Bonchev–Trinajstić information content (AvgIpc) is 2.26. The Balaban J connectivity index is 3.06. The largest absolute Gasteiger partial charge is 0.371 e. The van der Waals surface area contributed by atoms with Gasteiger partial charge in [-0.05, 0) is 31.5 Å². The van der Waals surface area contributed by atoms with Crippen molar-refractivity contribution in [2.24, 2.45) is 0 Å². The van der Waals surface area contributed by atoms with Crippen molar-refractivity contribution in [1.29, 1.82) is 5.26 Å². The highest BCUT2D eigenvalue weighted by molar-refractivity contribution is 5.59. The van der Waals surface area contributed by atoms with Crippen LogP contribution in [-0.2, 0) is 0 Å². The summed E-state index contributed by atoms with van der Waals surface area (Å²) < 4.78 is 12.9. The molecule has 0 amide bonds. The second kappa shape index (κ2) is 5.35. The number of halogens is 1. The molecule has 0 saturated carbocycles. The number of hydrogen-bond acceptors (Lipinski definition) is 2. The molecule has 0 aliphatic rings. The van der Waals surface area contributed by atoms with Crippen LogP contribution in [-0.4, -0.2) is 13.1 Å². The fourth-order valence-electron chi connectivity index (χ4n) is 1.59. The molecular formula is C12H15FN2. The van der Waals surface area contributed by atoms with Crippen LogP contribution in [0.5, 0.6) is 0 Å². The Morgan fingerprint density at radius 2 is 2.13 bits per heavy atom. The summed E-state index contributed by atoms with van der Waals surface area (Å²) in [5, 5.41) is 8.91. The molecule has 0 atom stereocenters. The minimum Gasteiger partial charge on any atom is -0.371 e. The van der Waals surface area contributed by atoms with Crippen molar-refractivity contribution < 1.29 is 4.39 Å². The summed E-state index contributed by atoms with van der Waals surface area (Å²) in [6.07, 6.45) is 1.01. The van der Waals surface area contributed by atoms with Crippen molar-refractivity contribution >= 4 is 5.69 Å². The number of nitrogens with zero attached hydrogens (tertiary/aromatic N) is 2. The number of anilines is 1. The summed E-state index contributed by atoms with van der Waals surface area (Å²) in [5.74, 6) is -0.358. The molecule has 0 saturated heterocycles. The summed E-state index contributed by atoms with van der Waals surface area (Å²) in [5.41, 5.74) is 1.23. The van der Waals surface area contributed by atoms with Gasteiger partial charge in [-0.3, -0.25) is 0 Å². The smallest absolute Gasteiger partial charge is 0.124 e. The molecule has 15 heavy (non-hydrogen) atoms. The molecule has 0 aliphatic heterocycles. The number of nitriles is 1. The van der Waals surface area contributed by atoms with Gasteiger partial charge in [0, 0.05) is 13.1 Å². The van der Waals surface area contributed by atoms with E-state index in [1.807, 2.05) is 13.0 Å². The molecule has 0 N–H and O–H groups in total. The topological polar surface area (TPSA) is 27.0 Å². The van der Waals surface area contributed by atoms with E-state index >= 15 is 0 Å². The summed E-state index contributed by atoms with van der Waals surface area (Å²) in [7, 11) is 0. The zero-order valence-electron chi connectivity index (χ0n) is 9.13. The van der Waals surface area contributed by atoms with Gasteiger partial charge in [-0.15, -0.1) is 0 Å². The van der Waals surface area contributed by atoms with Crippen molar-refractivity contribution in [3.05, 3.63) is 29.6 Å². The molecule has 1 aromatic carbocycles. The van der Waals surface area contributed by atoms with E-state index < -0.39 is 0 Å². The first kappa shape index (κ1) is 11.5. The number of rotatable bonds is 4. The van der Waals surface area contributed by atoms with E-state index in [1.165, 1.54) is 12.1 Å². The van der Waals surface area contributed by atoms with Gasteiger partial charge < -0.3 is 4.90 Å². The van der Waals surface area contributed by atoms with E-state index in [9.17, 15) is 4.39 Å². The Kier molecular flexibility index (Phi) is 4.11. The minimum atomic E-state index is -0.358. The molecule has 0 radical (unpaired) electrons. The van der Waals surface area contributed by atoms with Gasteiger partial charge in [-0.25, -0.2) is 4.39 Å². The lowest BCUT2D eigenvalue weighted by molar-refractivity contribution is 0.626. The lowest BCUT2D eigenvalue weighted by Crippen LogP contribution is -2.24. The van der Waals surface area contributed by atoms with Gasteiger partial charge in [0.05, 0.1) is 11.3 Å². The molecule has 2 nitrogen and oxygen atoms in total. The van der Waals surface area contributed by atoms with Gasteiger partial charge in [-0.1, -0.05) is 6.92 Å². The Bertz CT molecular complexity index is 368. The second-order valence-electron chi connectivity index (χ2n) is 3.35. The van der Waals surface area contributed by atoms with Gasteiger partial charge in [0.2, 0.25) is 0 Å². The van der Waals surface area contributed by atoms with Gasteiger partial charge in [0.15, 0.2) is 0 Å². The molecule has 0 unspecified atom stereocenters. The summed E-state index contributed by atoms with van der Waals surface area (Å²) in [6.45, 7) is 5.82. The van der Waals surface area contributed by atoms with Crippen molar-refractivity contribution in [1.82, 2.24) is 0 Å². The first-order chi connectivity index (χ1) is 7.22. The van der Waals surface area contributed by atoms with Crippen LogP contribution in [0.15, 0.2) is 18.2 Å². The van der Waals surface area contributed by atoms with E-state index in [-0.39, 0.29) is 5.82 Å². The van der Waals surface area contributed by atoms with Crippen LogP contribution in [0.25, 0.3) is 0 Å². The third-order valence-corrected chi connectivity index (χ3v) is 2.29. The molecule has 0 heterocycles. The van der Waals surface area contributed by atoms with Crippen molar-refractivity contribution in [2.45, 2.75) is 20.3 Å². The maximum Gasteiger partial charge on any atom is 0.124 e. The van der Waals surface area contributed by atoms with E-state index in [4.69, 9.17) is 5.26 Å². The molecule has 3 heteroatoms. The van der Waals surface area contributed by atoms with Gasteiger partial charge in [0.25, 0.3) is 0 Å². The second-order valence-corrected chi connectivity index (χ2v) is 3.35. The highest BCUT2D eigenvalue weighted by Crippen LogP contribution is 2.20. The van der Waals surface area contributed by atoms with Crippen molar-refractivity contribution in [3.63, 3.8) is 0 Å². The number of benzene rings is 1. The quantitative estimate of drug-likeness (QED) is 0.757. The van der Waals surface area contributed by atoms with E-state index in [2.05, 4.69) is 11.8 Å². The van der Waals surface area contributed by atoms with E-state index in [0.717, 1.165) is 25.2 Å². The molecular weight excluding hydrogens is 191 g/mol. The highest BCUT2D eigenvalue weighted by Gasteiger charge is 2.09. The summed E-state index contributed by atoms with van der Waals surface area (Å²) in [4.78, 5) is 2.08.